The molecule has 1 aliphatic rings. The van der Waals surface area contributed by atoms with Gasteiger partial charge in [-0.05, 0) is 30.9 Å². The van der Waals surface area contributed by atoms with E-state index in [-0.39, 0.29) is 18.0 Å². The van der Waals surface area contributed by atoms with E-state index in [1.807, 2.05) is 33.7 Å². The van der Waals surface area contributed by atoms with Crippen LogP contribution in [-0.4, -0.2) is 58.3 Å². The van der Waals surface area contributed by atoms with Gasteiger partial charge in [-0.2, -0.15) is 0 Å². The smallest absolute Gasteiger partial charge is 0.320 e. The average Bonchev–Trinajstić information content (AvgIpc) is 3.29. The van der Waals surface area contributed by atoms with Crippen LogP contribution in [0.1, 0.15) is 55.5 Å². The Morgan fingerprint density at radius 2 is 2.15 bits per heavy atom. The molecule has 1 N–H and O–H groups in total. The zero-order valence-electron chi connectivity index (χ0n) is 16.6. The van der Waals surface area contributed by atoms with Crippen LogP contribution in [0.4, 0.5) is 4.79 Å². The van der Waals surface area contributed by atoms with E-state index in [0.717, 1.165) is 30.6 Å². The Morgan fingerprint density at radius 1 is 1.37 bits per heavy atom. The van der Waals surface area contributed by atoms with Crippen molar-refractivity contribution in [1.29, 1.82) is 0 Å². The van der Waals surface area contributed by atoms with Crippen LogP contribution >= 0.6 is 0 Å². The van der Waals surface area contributed by atoms with E-state index in [1.165, 1.54) is 0 Å². The first-order chi connectivity index (χ1) is 12.9. The first kappa shape index (κ1) is 19.2. The summed E-state index contributed by atoms with van der Waals surface area (Å²) in [6, 6.07) is 5.59. The van der Waals surface area contributed by atoms with Gasteiger partial charge in [0.15, 0.2) is 5.69 Å². The zero-order valence-corrected chi connectivity index (χ0v) is 16.6. The van der Waals surface area contributed by atoms with E-state index in [0.29, 0.717) is 24.7 Å². The standard InChI is InChI=1S/C20H29N5O2/c1-5-14(2)13-21-19(26)17-15-9-6-7-11-24(15)18(22-17)16-10-8-12-25(16)20(27)23(3)4/h6-7,9,11,14,16H,5,8,10,12-13H2,1-4H3,(H,21,26)/t14-,16+/m1/s1. The fourth-order valence-corrected chi connectivity index (χ4v) is 3.48. The Morgan fingerprint density at radius 3 is 2.85 bits per heavy atom. The maximum absolute atomic E-state index is 12.8. The van der Waals surface area contributed by atoms with Gasteiger partial charge < -0.3 is 19.5 Å². The first-order valence-electron chi connectivity index (χ1n) is 9.67. The molecule has 0 saturated carbocycles. The van der Waals surface area contributed by atoms with Crippen LogP contribution in [0.3, 0.4) is 0 Å². The predicted octanol–water partition coefficient (Wildman–Crippen LogP) is 2.93. The van der Waals surface area contributed by atoms with E-state index >= 15 is 0 Å². The number of hydrogen-bond acceptors (Lipinski definition) is 3. The third-order valence-electron chi connectivity index (χ3n) is 5.28. The average molecular weight is 371 g/mol. The summed E-state index contributed by atoms with van der Waals surface area (Å²) in [6.07, 6.45) is 4.71. The van der Waals surface area contributed by atoms with Gasteiger partial charge in [-0.25, -0.2) is 9.78 Å². The normalized spacial score (nSPS) is 17.9. The van der Waals surface area contributed by atoms with Gasteiger partial charge in [-0.1, -0.05) is 26.3 Å². The predicted molar refractivity (Wildman–Crippen MR) is 105 cm³/mol. The molecule has 146 valence electrons. The third-order valence-corrected chi connectivity index (χ3v) is 5.28. The molecule has 2 aromatic rings. The summed E-state index contributed by atoms with van der Waals surface area (Å²) >= 11 is 0. The number of nitrogens with one attached hydrogen (secondary N) is 1. The molecule has 0 spiro atoms. The first-order valence-corrected chi connectivity index (χ1v) is 9.67. The van der Waals surface area contributed by atoms with Gasteiger partial charge in [0.2, 0.25) is 0 Å². The Bertz CT molecular complexity index is 829. The molecule has 0 unspecified atom stereocenters. The maximum atomic E-state index is 12.8. The highest BCUT2D eigenvalue weighted by atomic mass is 16.2. The highest BCUT2D eigenvalue weighted by Crippen LogP contribution is 2.33. The Labute approximate surface area is 160 Å². The lowest BCUT2D eigenvalue weighted by atomic mass is 10.1. The molecule has 1 fully saturated rings. The fraction of sp³-hybridized carbons (Fsp3) is 0.550. The van der Waals surface area contributed by atoms with E-state index in [4.69, 9.17) is 4.98 Å². The topological polar surface area (TPSA) is 70.0 Å². The molecule has 1 saturated heterocycles. The molecule has 0 aliphatic carbocycles. The third kappa shape index (κ3) is 3.77. The lowest BCUT2D eigenvalue weighted by Gasteiger charge is -2.27. The number of rotatable bonds is 5. The Kier molecular flexibility index (Phi) is 5.68. The summed E-state index contributed by atoms with van der Waals surface area (Å²) in [7, 11) is 3.52. The number of hydrogen-bond donors (Lipinski definition) is 1. The SMILES string of the molecule is CC[C@@H](C)CNC(=O)c1nc([C@@H]2CCCN2C(=O)N(C)C)n2ccccc12. The summed E-state index contributed by atoms with van der Waals surface area (Å²) in [5.41, 5.74) is 1.20. The minimum absolute atomic E-state index is 0.0204. The molecule has 1 aliphatic heterocycles. The summed E-state index contributed by atoms with van der Waals surface area (Å²) in [5.74, 6) is 1.02. The van der Waals surface area contributed by atoms with E-state index < -0.39 is 0 Å². The second-order valence-corrected chi connectivity index (χ2v) is 7.53. The second kappa shape index (κ2) is 7.98. The van der Waals surface area contributed by atoms with E-state index in [1.54, 1.807) is 19.0 Å². The van der Waals surface area contributed by atoms with Gasteiger partial charge in [0.1, 0.15) is 5.82 Å². The van der Waals surface area contributed by atoms with Crippen LogP contribution < -0.4 is 5.32 Å². The second-order valence-electron chi connectivity index (χ2n) is 7.53. The number of carbonyl (C=O) groups excluding carboxylic acids is 2. The van der Waals surface area contributed by atoms with Crippen LogP contribution in [-0.2, 0) is 0 Å². The highest BCUT2D eigenvalue weighted by molar-refractivity contribution is 5.99. The number of amides is 3. The monoisotopic (exact) mass is 371 g/mol. The van der Waals surface area contributed by atoms with Gasteiger partial charge in [0.25, 0.3) is 5.91 Å². The van der Waals surface area contributed by atoms with E-state index in [9.17, 15) is 9.59 Å². The molecule has 0 radical (unpaired) electrons. The minimum atomic E-state index is -0.159. The van der Waals surface area contributed by atoms with Crippen molar-refractivity contribution in [2.75, 3.05) is 27.2 Å². The van der Waals surface area contributed by atoms with Crippen molar-refractivity contribution >= 4 is 17.5 Å². The molecule has 7 heteroatoms. The van der Waals surface area contributed by atoms with Crippen LogP contribution in [0.2, 0.25) is 0 Å². The van der Waals surface area contributed by atoms with Gasteiger partial charge in [0.05, 0.1) is 11.6 Å². The molecular weight excluding hydrogens is 342 g/mol. The van der Waals surface area contributed by atoms with Crippen LogP contribution in [0, 0.1) is 5.92 Å². The van der Waals surface area contributed by atoms with Crippen molar-refractivity contribution in [2.24, 2.45) is 5.92 Å². The molecular formula is C20H29N5O2. The molecule has 2 aromatic heterocycles. The van der Waals surface area contributed by atoms with E-state index in [2.05, 4.69) is 19.2 Å². The minimum Gasteiger partial charge on any atom is -0.350 e. The van der Waals surface area contributed by atoms with Crippen LogP contribution in [0.25, 0.3) is 5.52 Å². The number of aromatic nitrogens is 2. The van der Waals surface area contributed by atoms with Gasteiger partial charge in [-0.3, -0.25) is 4.79 Å². The summed E-state index contributed by atoms with van der Waals surface area (Å²) < 4.78 is 1.95. The lowest BCUT2D eigenvalue weighted by Crippen LogP contribution is -2.39. The lowest BCUT2D eigenvalue weighted by molar-refractivity contribution is 0.0944. The highest BCUT2D eigenvalue weighted by Gasteiger charge is 2.34. The molecule has 3 amide bonds. The molecule has 7 nitrogen and oxygen atoms in total. The summed E-state index contributed by atoms with van der Waals surface area (Å²) in [5, 5.41) is 2.99. The molecule has 0 bridgehead atoms. The van der Waals surface area contributed by atoms with Crippen LogP contribution in [0.15, 0.2) is 24.4 Å². The number of nitrogens with zero attached hydrogens (tertiary/aromatic N) is 4. The number of pyridine rings is 1. The van der Waals surface area contributed by atoms with Crippen molar-refractivity contribution in [3.8, 4) is 0 Å². The van der Waals surface area contributed by atoms with Gasteiger partial charge in [-0.15, -0.1) is 0 Å². The Hall–Kier alpha value is -2.57. The molecule has 3 rings (SSSR count). The quantitative estimate of drug-likeness (QED) is 0.878. The molecule has 2 atom stereocenters. The van der Waals surface area contributed by atoms with Gasteiger partial charge >= 0.3 is 6.03 Å². The maximum Gasteiger partial charge on any atom is 0.320 e. The molecule has 0 aromatic carbocycles. The largest absolute Gasteiger partial charge is 0.350 e. The fourth-order valence-electron chi connectivity index (χ4n) is 3.48. The number of imidazole rings is 1. The zero-order chi connectivity index (χ0) is 19.6. The molecule has 27 heavy (non-hydrogen) atoms. The number of urea groups is 1. The molecule has 3 heterocycles. The summed E-state index contributed by atoms with van der Waals surface area (Å²) in [6.45, 7) is 5.56. The van der Waals surface area contributed by atoms with Crippen molar-refractivity contribution in [3.63, 3.8) is 0 Å². The van der Waals surface area contributed by atoms with Crippen molar-refractivity contribution in [2.45, 2.75) is 39.2 Å². The summed E-state index contributed by atoms with van der Waals surface area (Å²) in [4.78, 5) is 33.5. The number of carbonyl (C=O) groups is 2. The van der Waals surface area contributed by atoms with Crippen LogP contribution in [0.5, 0.6) is 0 Å². The number of fused-ring (bicyclic) bond motifs is 1. The van der Waals surface area contributed by atoms with Crippen molar-refractivity contribution < 1.29 is 9.59 Å². The van der Waals surface area contributed by atoms with Gasteiger partial charge in [0, 0.05) is 33.4 Å². The Balaban J connectivity index is 1.95. The van der Waals surface area contributed by atoms with Crippen molar-refractivity contribution in [3.05, 3.63) is 35.9 Å². The number of likely N-dealkylation sites (tertiary alicyclic amines) is 1. The van der Waals surface area contributed by atoms with Crippen molar-refractivity contribution in [1.82, 2.24) is 24.5 Å².